The predicted octanol–water partition coefficient (Wildman–Crippen LogP) is 4.44. The summed E-state index contributed by atoms with van der Waals surface area (Å²) in [6.07, 6.45) is 1.46. The van der Waals surface area contributed by atoms with Gasteiger partial charge in [0.1, 0.15) is 5.69 Å². The third-order valence-electron chi connectivity index (χ3n) is 6.05. The molecule has 0 saturated heterocycles. The number of carbonyl (C=O) groups excluding carboxylic acids is 2. The zero-order valence-electron chi connectivity index (χ0n) is 19.1. The van der Waals surface area contributed by atoms with Crippen LogP contribution in [0.2, 0.25) is 0 Å². The van der Waals surface area contributed by atoms with Crippen molar-refractivity contribution in [1.29, 1.82) is 0 Å². The zero-order chi connectivity index (χ0) is 24.7. The molecule has 2 aromatic carbocycles. The molecule has 0 bridgehead atoms. The molecule has 2 N–H and O–H groups in total. The van der Waals surface area contributed by atoms with Gasteiger partial charge in [0.05, 0.1) is 29.4 Å². The molecule has 5 rings (SSSR count). The van der Waals surface area contributed by atoms with Gasteiger partial charge in [-0.1, -0.05) is 30.3 Å². The summed E-state index contributed by atoms with van der Waals surface area (Å²) in [4.78, 5) is 40.1. The Balaban J connectivity index is 1.53. The number of H-pyrrole nitrogens is 1. The average molecular weight is 470 g/mol. The highest BCUT2D eigenvalue weighted by Crippen LogP contribution is 2.39. The van der Waals surface area contributed by atoms with Crippen LogP contribution in [0.5, 0.6) is 0 Å². The number of amides is 2. The first kappa shape index (κ1) is 22.1. The van der Waals surface area contributed by atoms with Crippen LogP contribution in [0, 0.1) is 0 Å². The highest BCUT2D eigenvalue weighted by molar-refractivity contribution is 6.10. The van der Waals surface area contributed by atoms with E-state index in [4.69, 9.17) is 9.52 Å². The summed E-state index contributed by atoms with van der Waals surface area (Å²) >= 11 is 0. The number of carboxylic acids is 1. The lowest BCUT2D eigenvalue weighted by Crippen LogP contribution is -2.51. The second-order valence-corrected chi connectivity index (χ2v) is 8.38. The number of aromatic amines is 1. The van der Waals surface area contributed by atoms with Gasteiger partial charge in [-0.2, -0.15) is 5.10 Å². The summed E-state index contributed by atoms with van der Waals surface area (Å²) in [7, 11) is 0. The summed E-state index contributed by atoms with van der Waals surface area (Å²) in [5.41, 5.74) is 4.35. The van der Waals surface area contributed by atoms with Crippen molar-refractivity contribution in [3.8, 4) is 22.4 Å². The van der Waals surface area contributed by atoms with Gasteiger partial charge in [0.15, 0.2) is 5.76 Å². The van der Waals surface area contributed by atoms with Crippen molar-refractivity contribution in [1.82, 2.24) is 10.2 Å². The number of nitrogens with one attached hydrogen (secondary N) is 1. The molecule has 176 valence electrons. The molecule has 9 nitrogen and oxygen atoms in total. The Labute approximate surface area is 200 Å². The first-order valence-electron chi connectivity index (χ1n) is 11.0. The SMILES string of the molecule is CC(=O)N1c2ccc(-c3ccc(-c4cc(C(=O)O)[nH]n4)cc3)cc2N(C(=O)c2ccco2)C[C@@H]1C. The summed E-state index contributed by atoms with van der Waals surface area (Å²) in [6, 6.07) is 17.7. The highest BCUT2D eigenvalue weighted by atomic mass is 16.4. The molecular formula is C26H22N4O5. The van der Waals surface area contributed by atoms with E-state index in [9.17, 15) is 14.4 Å². The van der Waals surface area contributed by atoms with Crippen molar-refractivity contribution in [2.75, 3.05) is 16.3 Å². The highest BCUT2D eigenvalue weighted by Gasteiger charge is 2.35. The third kappa shape index (κ3) is 3.97. The topological polar surface area (TPSA) is 120 Å². The smallest absolute Gasteiger partial charge is 0.353 e. The number of carbonyl (C=O) groups is 3. The fraction of sp³-hybridized carbons (Fsp3) is 0.154. The molecular weight excluding hydrogens is 448 g/mol. The number of anilines is 2. The Morgan fingerprint density at radius 3 is 2.34 bits per heavy atom. The number of hydrogen-bond acceptors (Lipinski definition) is 5. The van der Waals surface area contributed by atoms with Crippen molar-refractivity contribution in [2.24, 2.45) is 0 Å². The number of rotatable bonds is 4. The number of hydrogen-bond donors (Lipinski definition) is 2. The second-order valence-electron chi connectivity index (χ2n) is 8.38. The van der Waals surface area contributed by atoms with Crippen LogP contribution in [0.1, 0.15) is 34.9 Å². The van der Waals surface area contributed by atoms with Gasteiger partial charge in [0.2, 0.25) is 5.91 Å². The van der Waals surface area contributed by atoms with Crippen LogP contribution in [0.15, 0.2) is 71.3 Å². The van der Waals surface area contributed by atoms with Crippen molar-refractivity contribution in [2.45, 2.75) is 19.9 Å². The maximum atomic E-state index is 13.2. The Morgan fingerprint density at radius 1 is 1.00 bits per heavy atom. The van der Waals surface area contributed by atoms with E-state index in [1.165, 1.54) is 19.3 Å². The number of benzene rings is 2. The molecule has 0 fully saturated rings. The van der Waals surface area contributed by atoms with Gasteiger partial charge in [-0.15, -0.1) is 0 Å². The summed E-state index contributed by atoms with van der Waals surface area (Å²) in [5.74, 6) is -1.21. The predicted molar refractivity (Wildman–Crippen MR) is 129 cm³/mol. The summed E-state index contributed by atoms with van der Waals surface area (Å²) < 4.78 is 5.34. The van der Waals surface area contributed by atoms with Gasteiger partial charge in [-0.25, -0.2) is 4.79 Å². The van der Waals surface area contributed by atoms with E-state index in [0.29, 0.717) is 23.6 Å². The monoisotopic (exact) mass is 470 g/mol. The summed E-state index contributed by atoms with van der Waals surface area (Å²) in [5, 5.41) is 15.7. The fourth-order valence-corrected chi connectivity index (χ4v) is 4.42. The number of carboxylic acid groups (broad SMARTS) is 1. The Morgan fingerprint density at radius 2 is 1.71 bits per heavy atom. The molecule has 2 aromatic heterocycles. The normalized spacial score (nSPS) is 15.1. The van der Waals surface area contributed by atoms with Crippen molar-refractivity contribution in [3.05, 3.63) is 78.4 Å². The minimum Gasteiger partial charge on any atom is -0.477 e. The van der Waals surface area contributed by atoms with Crippen LogP contribution in [-0.2, 0) is 4.79 Å². The van der Waals surface area contributed by atoms with E-state index in [0.717, 1.165) is 16.7 Å². The maximum absolute atomic E-state index is 13.2. The van der Waals surface area contributed by atoms with Crippen LogP contribution in [0.25, 0.3) is 22.4 Å². The van der Waals surface area contributed by atoms with Gasteiger partial charge in [0, 0.05) is 19.0 Å². The molecule has 1 aliphatic rings. The molecule has 0 aliphatic carbocycles. The number of furan rings is 1. The Hall–Kier alpha value is -4.66. The lowest BCUT2D eigenvalue weighted by Gasteiger charge is -2.40. The fourth-order valence-electron chi connectivity index (χ4n) is 4.42. The first-order valence-corrected chi connectivity index (χ1v) is 11.0. The molecule has 4 aromatic rings. The van der Waals surface area contributed by atoms with E-state index in [1.54, 1.807) is 21.9 Å². The van der Waals surface area contributed by atoms with Gasteiger partial charge >= 0.3 is 5.97 Å². The molecule has 3 heterocycles. The maximum Gasteiger partial charge on any atom is 0.353 e. The molecule has 0 spiro atoms. The standard InChI is InChI=1S/C26H22N4O5/c1-15-14-29(25(32)24-4-3-11-35-24)23-12-19(9-10-22(23)30(15)16(2)31)17-5-7-18(8-6-17)20-13-21(26(33)34)28-27-20/h3-13,15H,14H2,1-2H3,(H,27,28)(H,33,34)/t15-/m0/s1. The van der Waals surface area contributed by atoms with E-state index < -0.39 is 5.97 Å². The van der Waals surface area contributed by atoms with Crippen LogP contribution >= 0.6 is 0 Å². The zero-order valence-corrected chi connectivity index (χ0v) is 19.1. The molecule has 0 unspecified atom stereocenters. The lowest BCUT2D eigenvalue weighted by molar-refractivity contribution is -0.117. The van der Waals surface area contributed by atoms with Crippen molar-refractivity contribution >= 4 is 29.2 Å². The molecule has 0 radical (unpaired) electrons. The van der Waals surface area contributed by atoms with Crippen LogP contribution in [-0.4, -0.2) is 45.7 Å². The molecule has 35 heavy (non-hydrogen) atoms. The molecule has 0 saturated carbocycles. The summed E-state index contributed by atoms with van der Waals surface area (Å²) in [6.45, 7) is 3.76. The number of aromatic carboxylic acids is 1. The molecule has 1 aliphatic heterocycles. The average Bonchev–Trinajstić information content (AvgIpc) is 3.55. The number of aromatic nitrogens is 2. The van der Waals surface area contributed by atoms with Gasteiger partial charge in [-0.05, 0) is 48.4 Å². The third-order valence-corrected chi connectivity index (χ3v) is 6.05. The minimum absolute atomic E-state index is 0.0179. The van der Waals surface area contributed by atoms with Gasteiger partial charge in [-0.3, -0.25) is 14.7 Å². The number of fused-ring (bicyclic) bond motifs is 1. The van der Waals surface area contributed by atoms with E-state index >= 15 is 0 Å². The van der Waals surface area contributed by atoms with Crippen molar-refractivity contribution < 1.29 is 23.9 Å². The quantitative estimate of drug-likeness (QED) is 0.455. The first-order chi connectivity index (χ1) is 16.8. The molecule has 1 atom stereocenters. The minimum atomic E-state index is -1.07. The molecule has 2 amide bonds. The largest absolute Gasteiger partial charge is 0.477 e. The lowest BCUT2D eigenvalue weighted by atomic mass is 9.99. The van der Waals surface area contributed by atoms with Crippen LogP contribution < -0.4 is 9.80 Å². The number of nitrogens with zero attached hydrogens (tertiary/aromatic N) is 3. The van der Waals surface area contributed by atoms with Crippen LogP contribution in [0.4, 0.5) is 11.4 Å². The Kier molecular flexibility index (Phi) is 5.44. The van der Waals surface area contributed by atoms with E-state index in [2.05, 4.69) is 10.2 Å². The van der Waals surface area contributed by atoms with E-state index in [1.807, 2.05) is 49.4 Å². The van der Waals surface area contributed by atoms with Gasteiger partial charge in [0.25, 0.3) is 5.91 Å². The second kappa shape index (κ2) is 8.60. The molecule has 9 heteroatoms. The van der Waals surface area contributed by atoms with Gasteiger partial charge < -0.3 is 19.3 Å². The van der Waals surface area contributed by atoms with E-state index in [-0.39, 0.29) is 29.3 Å². The Bertz CT molecular complexity index is 1420. The van der Waals surface area contributed by atoms with Crippen LogP contribution in [0.3, 0.4) is 0 Å². The van der Waals surface area contributed by atoms with Crippen molar-refractivity contribution in [3.63, 3.8) is 0 Å².